The average Bonchev–Trinajstić information content (AvgIpc) is 2.43. The summed E-state index contributed by atoms with van der Waals surface area (Å²) >= 11 is 0. The molecule has 5 nitrogen and oxygen atoms in total. The Kier molecular flexibility index (Phi) is 10.2. The van der Waals surface area contributed by atoms with Crippen LogP contribution in [0, 0.1) is 5.92 Å². The molecule has 126 valence electrons. The molecule has 0 radical (unpaired) electrons. The number of carbonyl (C=O) groups is 2. The highest BCUT2D eigenvalue weighted by molar-refractivity contribution is 5.86. The molecule has 0 fully saturated rings. The van der Waals surface area contributed by atoms with Gasteiger partial charge in [0.2, 0.25) is 0 Å². The Morgan fingerprint density at radius 1 is 1.00 bits per heavy atom. The summed E-state index contributed by atoms with van der Waals surface area (Å²) in [5.74, 6) is -1.48. The van der Waals surface area contributed by atoms with Crippen LogP contribution in [0.3, 0.4) is 0 Å². The number of rotatable bonds is 11. The van der Waals surface area contributed by atoms with Gasteiger partial charge in [-0.2, -0.15) is 0 Å². The molecule has 5 heteroatoms. The van der Waals surface area contributed by atoms with E-state index in [2.05, 4.69) is 4.90 Å². The first-order valence-corrected chi connectivity index (χ1v) is 7.70. The first-order chi connectivity index (χ1) is 10.2. The second kappa shape index (κ2) is 11.0. The number of nitrogens with zero attached hydrogens (tertiary/aromatic N) is 1. The van der Waals surface area contributed by atoms with Crippen LogP contribution in [0.5, 0.6) is 0 Å². The van der Waals surface area contributed by atoms with Crippen molar-refractivity contribution in [1.82, 2.24) is 4.90 Å². The van der Waals surface area contributed by atoms with Gasteiger partial charge < -0.3 is 15.1 Å². The van der Waals surface area contributed by atoms with Gasteiger partial charge in [-0.25, -0.2) is 9.59 Å². The van der Waals surface area contributed by atoms with Crippen LogP contribution < -0.4 is 0 Å². The van der Waals surface area contributed by atoms with Crippen LogP contribution in [-0.2, 0) is 9.59 Å². The predicted molar refractivity (Wildman–Crippen MR) is 87.9 cm³/mol. The van der Waals surface area contributed by atoms with Crippen molar-refractivity contribution in [3.8, 4) is 0 Å². The molecule has 0 aromatic heterocycles. The molecule has 0 aromatic rings. The molecule has 0 spiro atoms. The monoisotopic (exact) mass is 311 g/mol. The molecule has 2 N–H and O–H groups in total. The standard InChI is InChI=1S/C17H29NO4/c1-13(16(19)20)8-6-5-7-9-15(10-11-18(3)4)12-14(2)17(21)22/h8,12,15H,5-7,9-11H2,1-4H3,(H,19,20)(H,21,22). The van der Waals surface area contributed by atoms with Crippen molar-refractivity contribution >= 4 is 11.9 Å². The summed E-state index contributed by atoms with van der Waals surface area (Å²) in [6.45, 7) is 4.15. The molecular weight excluding hydrogens is 282 g/mol. The smallest absolute Gasteiger partial charge is 0.330 e. The molecule has 0 aromatic carbocycles. The minimum atomic E-state index is -0.871. The van der Waals surface area contributed by atoms with E-state index in [0.717, 1.165) is 38.6 Å². The van der Waals surface area contributed by atoms with Crippen LogP contribution in [-0.4, -0.2) is 47.7 Å². The summed E-state index contributed by atoms with van der Waals surface area (Å²) in [5, 5.41) is 17.8. The maximum atomic E-state index is 10.9. The van der Waals surface area contributed by atoms with Crippen molar-refractivity contribution in [2.75, 3.05) is 20.6 Å². The first kappa shape index (κ1) is 20.4. The number of carboxylic acids is 2. The number of allylic oxidation sites excluding steroid dienone is 2. The molecule has 0 aliphatic carbocycles. The molecule has 0 amide bonds. The number of hydrogen-bond donors (Lipinski definition) is 2. The fourth-order valence-electron chi connectivity index (χ4n) is 2.12. The van der Waals surface area contributed by atoms with E-state index in [1.165, 1.54) is 0 Å². The van der Waals surface area contributed by atoms with E-state index in [9.17, 15) is 9.59 Å². The summed E-state index contributed by atoms with van der Waals surface area (Å²) in [6.07, 6.45) is 8.09. The van der Waals surface area contributed by atoms with Crippen LogP contribution in [0.1, 0.15) is 46.0 Å². The Balaban J connectivity index is 4.35. The van der Waals surface area contributed by atoms with E-state index >= 15 is 0 Å². The van der Waals surface area contributed by atoms with Crippen molar-refractivity contribution in [2.45, 2.75) is 46.0 Å². The quantitative estimate of drug-likeness (QED) is 0.452. The summed E-state index contributed by atoms with van der Waals surface area (Å²) in [4.78, 5) is 23.7. The van der Waals surface area contributed by atoms with Crippen molar-refractivity contribution in [3.63, 3.8) is 0 Å². The number of unbranched alkanes of at least 4 members (excludes halogenated alkanes) is 2. The lowest BCUT2D eigenvalue weighted by Crippen LogP contribution is -2.16. The zero-order chi connectivity index (χ0) is 17.1. The Morgan fingerprint density at radius 2 is 1.59 bits per heavy atom. The summed E-state index contributed by atoms with van der Waals surface area (Å²) < 4.78 is 0. The van der Waals surface area contributed by atoms with Crippen molar-refractivity contribution < 1.29 is 19.8 Å². The molecule has 0 heterocycles. The second-order valence-corrected chi connectivity index (χ2v) is 5.98. The van der Waals surface area contributed by atoms with Crippen LogP contribution >= 0.6 is 0 Å². The van der Waals surface area contributed by atoms with Crippen molar-refractivity contribution in [1.29, 1.82) is 0 Å². The van der Waals surface area contributed by atoms with E-state index in [-0.39, 0.29) is 5.92 Å². The molecule has 1 atom stereocenters. The molecule has 0 saturated carbocycles. The highest BCUT2D eigenvalue weighted by Crippen LogP contribution is 2.18. The normalized spacial score (nSPS) is 14.2. The highest BCUT2D eigenvalue weighted by Gasteiger charge is 2.09. The third-order valence-electron chi connectivity index (χ3n) is 3.59. The Bertz CT molecular complexity index is 424. The first-order valence-electron chi connectivity index (χ1n) is 7.70. The zero-order valence-electron chi connectivity index (χ0n) is 14.1. The zero-order valence-corrected chi connectivity index (χ0v) is 14.1. The van der Waals surface area contributed by atoms with E-state index in [1.807, 2.05) is 20.2 Å². The maximum Gasteiger partial charge on any atom is 0.330 e. The van der Waals surface area contributed by atoms with E-state index < -0.39 is 11.9 Å². The molecular formula is C17H29NO4. The van der Waals surface area contributed by atoms with E-state index in [1.54, 1.807) is 19.9 Å². The van der Waals surface area contributed by atoms with Gasteiger partial charge in [0, 0.05) is 11.1 Å². The Hall–Kier alpha value is -1.62. The fraction of sp³-hybridized carbons (Fsp3) is 0.647. The topological polar surface area (TPSA) is 77.8 Å². The highest BCUT2D eigenvalue weighted by atomic mass is 16.4. The van der Waals surface area contributed by atoms with Gasteiger partial charge in [0.05, 0.1) is 0 Å². The lowest BCUT2D eigenvalue weighted by molar-refractivity contribution is -0.133. The minimum Gasteiger partial charge on any atom is -0.478 e. The molecule has 0 bridgehead atoms. The molecule has 0 rings (SSSR count). The summed E-state index contributed by atoms with van der Waals surface area (Å²) in [5.41, 5.74) is 0.774. The maximum absolute atomic E-state index is 10.9. The number of carboxylic acid groups (broad SMARTS) is 2. The Morgan fingerprint density at radius 3 is 2.09 bits per heavy atom. The van der Waals surface area contributed by atoms with Gasteiger partial charge in [-0.15, -0.1) is 0 Å². The summed E-state index contributed by atoms with van der Waals surface area (Å²) in [6, 6.07) is 0. The van der Waals surface area contributed by atoms with Gasteiger partial charge in [-0.3, -0.25) is 0 Å². The van der Waals surface area contributed by atoms with E-state index in [0.29, 0.717) is 11.1 Å². The molecule has 0 aliphatic rings. The third kappa shape index (κ3) is 10.2. The average molecular weight is 311 g/mol. The van der Waals surface area contributed by atoms with Crippen molar-refractivity contribution in [3.05, 3.63) is 23.3 Å². The SMILES string of the molecule is CC(=CCCCCC(C=C(C)C(=O)O)CCN(C)C)C(=O)O. The minimum absolute atomic E-state index is 0.253. The Labute approximate surface area is 133 Å². The predicted octanol–water partition coefficient (Wildman–Crippen LogP) is 3.18. The van der Waals surface area contributed by atoms with Gasteiger partial charge >= 0.3 is 11.9 Å². The number of aliphatic carboxylic acids is 2. The number of hydrogen-bond acceptors (Lipinski definition) is 3. The van der Waals surface area contributed by atoms with Gasteiger partial charge in [-0.1, -0.05) is 18.6 Å². The lowest BCUT2D eigenvalue weighted by atomic mass is 9.95. The second-order valence-electron chi connectivity index (χ2n) is 5.98. The van der Waals surface area contributed by atoms with Crippen LogP contribution in [0.2, 0.25) is 0 Å². The van der Waals surface area contributed by atoms with Gasteiger partial charge in [0.25, 0.3) is 0 Å². The van der Waals surface area contributed by atoms with Gasteiger partial charge in [0.1, 0.15) is 0 Å². The molecule has 0 aliphatic heterocycles. The van der Waals surface area contributed by atoms with Gasteiger partial charge in [-0.05, 0) is 66.1 Å². The lowest BCUT2D eigenvalue weighted by Gasteiger charge is -2.16. The largest absolute Gasteiger partial charge is 0.478 e. The van der Waals surface area contributed by atoms with Crippen molar-refractivity contribution in [2.24, 2.45) is 5.92 Å². The molecule has 1 unspecified atom stereocenters. The summed E-state index contributed by atoms with van der Waals surface area (Å²) in [7, 11) is 4.01. The van der Waals surface area contributed by atoms with Crippen LogP contribution in [0.4, 0.5) is 0 Å². The third-order valence-corrected chi connectivity index (χ3v) is 3.59. The molecule has 0 saturated heterocycles. The van der Waals surface area contributed by atoms with Gasteiger partial charge in [0.15, 0.2) is 0 Å². The van der Waals surface area contributed by atoms with Crippen LogP contribution in [0.15, 0.2) is 23.3 Å². The fourth-order valence-corrected chi connectivity index (χ4v) is 2.12. The van der Waals surface area contributed by atoms with Crippen LogP contribution in [0.25, 0.3) is 0 Å². The molecule has 22 heavy (non-hydrogen) atoms. The van der Waals surface area contributed by atoms with E-state index in [4.69, 9.17) is 10.2 Å².